The number of hydrogen-bond donors (Lipinski definition) is 0. The fourth-order valence-corrected chi connectivity index (χ4v) is 4.30. The minimum absolute atomic E-state index is 0.378. The largest absolute Gasteiger partial charge is 0.496 e. The minimum Gasteiger partial charge on any atom is -0.496 e. The Labute approximate surface area is 166 Å². The smallest absolute Gasteiger partial charge is 0.163 e. The number of aryl methyl sites for hydroxylation is 3. The molecule has 28 heavy (non-hydrogen) atoms. The molecule has 5 nitrogen and oxygen atoms in total. The number of ether oxygens (including phenoxy) is 1. The van der Waals surface area contributed by atoms with Crippen LogP contribution in [0.25, 0.3) is 22.3 Å². The van der Waals surface area contributed by atoms with Crippen LogP contribution in [0.4, 0.5) is 0 Å². The Balaban J connectivity index is 1.83. The second-order valence-electron chi connectivity index (χ2n) is 8.00. The van der Waals surface area contributed by atoms with Gasteiger partial charge in [-0.3, -0.25) is 0 Å². The number of nitrogens with zero attached hydrogens (tertiary/aromatic N) is 4. The Hall–Kier alpha value is -2.53. The average molecular weight is 377 g/mol. The van der Waals surface area contributed by atoms with E-state index in [0.717, 1.165) is 64.6 Å². The summed E-state index contributed by atoms with van der Waals surface area (Å²) in [6.45, 7) is 8.40. The van der Waals surface area contributed by atoms with Gasteiger partial charge in [-0.25, -0.2) is 15.0 Å². The van der Waals surface area contributed by atoms with Crippen molar-refractivity contribution in [2.75, 3.05) is 27.2 Å². The maximum atomic E-state index is 5.65. The molecule has 3 aromatic rings. The van der Waals surface area contributed by atoms with Crippen LogP contribution in [0.3, 0.4) is 0 Å². The lowest BCUT2D eigenvalue weighted by atomic mass is 9.97. The van der Waals surface area contributed by atoms with Gasteiger partial charge in [0.15, 0.2) is 5.65 Å². The zero-order valence-electron chi connectivity index (χ0n) is 17.4. The predicted molar refractivity (Wildman–Crippen MR) is 113 cm³/mol. The predicted octanol–water partition coefficient (Wildman–Crippen LogP) is 4.43. The van der Waals surface area contributed by atoms with Gasteiger partial charge in [0.25, 0.3) is 0 Å². The van der Waals surface area contributed by atoms with Crippen LogP contribution in [0, 0.1) is 20.8 Å². The van der Waals surface area contributed by atoms with Crippen LogP contribution in [0.5, 0.6) is 5.75 Å². The molecule has 146 valence electrons. The van der Waals surface area contributed by atoms with Gasteiger partial charge in [-0.05, 0) is 76.5 Å². The lowest BCUT2D eigenvalue weighted by Crippen LogP contribution is -2.31. The van der Waals surface area contributed by atoms with Crippen molar-refractivity contribution < 1.29 is 4.74 Å². The second-order valence-corrected chi connectivity index (χ2v) is 8.00. The number of pyridine rings is 1. The first-order valence-corrected chi connectivity index (χ1v) is 9.95. The average Bonchev–Trinajstić information content (AvgIpc) is 2.66. The summed E-state index contributed by atoms with van der Waals surface area (Å²) in [4.78, 5) is 17.0. The van der Waals surface area contributed by atoms with Crippen LogP contribution in [0.2, 0.25) is 0 Å². The summed E-state index contributed by atoms with van der Waals surface area (Å²) in [7, 11) is 3.88. The number of aromatic nitrogens is 3. The fourth-order valence-electron chi connectivity index (χ4n) is 4.30. The second kappa shape index (κ2) is 7.47. The van der Waals surface area contributed by atoms with Gasteiger partial charge in [-0.1, -0.05) is 6.07 Å². The molecule has 5 heteroatoms. The maximum Gasteiger partial charge on any atom is 0.163 e. The quantitative estimate of drug-likeness (QED) is 0.677. The molecule has 4 rings (SSSR count). The highest BCUT2D eigenvalue weighted by Crippen LogP contribution is 2.34. The van der Waals surface area contributed by atoms with E-state index in [9.17, 15) is 0 Å². The van der Waals surface area contributed by atoms with Gasteiger partial charge in [0, 0.05) is 23.4 Å². The van der Waals surface area contributed by atoms with Crippen molar-refractivity contribution in [1.29, 1.82) is 0 Å². The number of methoxy groups -OCH3 is 1. The molecular formula is C23H28N4O. The van der Waals surface area contributed by atoms with Crippen molar-refractivity contribution in [2.45, 2.75) is 39.5 Å². The van der Waals surface area contributed by atoms with E-state index < -0.39 is 0 Å². The monoisotopic (exact) mass is 376 g/mol. The summed E-state index contributed by atoms with van der Waals surface area (Å²) in [6.07, 6.45) is 2.33. The number of benzene rings is 1. The number of hydrogen-bond acceptors (Lipinski definition) is 5. The van der Waals surface area contributed by atoms with E-state index >= 15 is 0 Å². The summed E-state index contributed by atoms with van der Waals surface area (Å²) in [5.41, 5.74) is 6.04. The van der Waals surface area contributed by atoms with Gasteiger partial charge in [0.05, 0.1) is 18.5 Å². The Morgan fingerprint density at radius 2 is 1.89 bits per heavy atom. The van der Waals surface area contributed by atoms with E-state index in [1.54, 1.807) is 7.11 Å². The van der Waals surface area contributed by atoms with Crippen LogP contribution in [-0.2, 0) is 0 Å². The summed E-state index contributed by atoms with van der Waals surface area (Å²) in [5.74, 6) is 2.15. The molecule has 1 fully saturated rings. The van der Waals surface area contributed by atoms with Crippen LogP contribution in [0.15, 0.2) is 24.3 Å². The van der Waals surface area contributed by atoms with Crippen molar-refractivity contribution in [3.8, 4) is 17.0 Å². The third-order valence-corrected chi connectivity index (χ3v) is 5.68. The zero-order valence-corrected chi connectivity index (χ0v) is 17.4. The maximum absolute atomic E-state index is 5.65. The summed E-state index contributed by atoms with van der Waals surface area (Å²) in [6, 6.07) is 8.36. The van der Waals surface area contributed by atoms with Gasteiger partial charge >= 0.3 is 0 Å². The minimum atomic E-state index is 0.378. The van der Waals surface area contributed by atoms with E-state index in [0.29, 0.717) is 5.92 Å². The van der Waals surface area contributed by atoms with Crippen LogP contribution < -0.4 is 4.74 Å². The molecule has 0 aliphatic carbocycles. The number of likely N-dealkylation sites (N-methyl/N-ethyl adjacent to an activating group) is 1. The van der Waals surface area contributed by atoms with Crippen LogP contribution in [-0.4, -0.2) is 47.1 Å². The molecule has 1 aromatic carbocycles. The number of piperidine rings is 1. The molecular weight excluding hydrogens is 348 g/mol. The molecule has 3 heterocycles. The first-order valence-electron chi connectivity index (χ1n) is 9.95. The molecule has 1 unspecified atom stereocenters. The van der Waals surface area contributed by atoms with E-state index in [4.69, 9.17) is 19.7 Å². The standard InChI is InChI=1S/C23H28N4O/c1-14-11-15(2)21(20(12-14)28-5)19-9-8-18-16(3)24-22(26-23(18)25-19)17-7-6-10-27(4)13-17/h8-9,11-12,17H,6-7,10,13H2,1-5H3. The lowest BCUT2D eigenvalue weighted by Gasteiger charge is -2.28. The summed E-state index contributed by atoms with van der Waals surface area (Å²) in [5, 5.41) is 1.01. The van der Waals surface area contributed by atoms with Gasteiger partial charge in [0.2, 0.25) is 0 Å². The third kappa shape index (κ3) is 3.47. The third-order valence-electron chi connectivity index (χ3n) is 5.68. The Morgan fingerprint density at radius 3 is 2.64 bits per heavy atom. The van der Waals surface area contributed by atoms with Crippen molar-refractivity contribution in [2.24, 2.45) is 0 Å². The van der Waals surface area contributed by atoms with E-state index in [-0.39, 0.29) is 0 Å². The number of rotatable bonds is 3. The Morgan fingerprint density at radius 1 is 1.07 bits per heavy atom. The van der Waals surface area contributed by atoms with E-state index in [1.807, 2.05) is 6.07 Å². The van der Waals surface area contributed by atoms with Gasteiger partial charge < -0.3 is 9.64 Å². The summed E-state index contributed by atoms with van der Waals surface area (Å²) >= 11 is 0. The Bertz CT molecular complexity index is 1030. The van der Waals surface area contributed by atoms with Gasteiger partial charge in [-0.2, -0.15) is 0 Å². The lowest BCUT2D eigenvalue weighted by molar-refractivity contribution is 0.246. The molecule has 1 atom stereocenters. The van der Waals surface area contributed by atoms with Crippen molar-refractivity contribution >= 4 is 11.0 Å². The molecule has 0 bridgehead atoms. The SMILES string of the molecule is COc1cc(C)cc(C)c1-c1ccc2c(C)nc(C3CCCN(C)C3)nc2n1. The van der Waals surface area contributed by atoms with Crippen molar-refractivity contribution in [1.82, 2.24) is 19.9 Å². The molecule has 0 amide bonds. The highest BCUT2D eigenvalue weighted by molar-refractivity contribution is 5.82. The molecule has 0 saturated carbocycles. The van der Waals surface area contributed by atoms with Crippen molar-refractivity contribution in [3.05, 3.63) is 46.9 Å². The van der Waals surface area contributed by atoms with Crippen LogP contribution in [0.1, 0.15) is 41.4 Å². The first-order chi connectivity index (χ1) is 13.5. The summed E-state index contributed by atoms with van der Waals surface area (Å²) < 4.78 is 5.65. The molecule has 2 aromatic heterocycles. The molecule has 0 radical (unpaired) electrons. The Kier molecular flexibility index (Phi) is 5.02. The number of likely N-dealkylation sites (tertiary alicyclic amines) is 1. The van der Waals surface area contributed by atoms with Gasteiger partial charge in [0.1, 0.15) is 11.6 Å². The highest BCUT2D eigenvalue weighted by Gasteiger charge is 2.23. The molecule has 1 aliphatic rings. The molecule has 0 spiro atoms. The fraction of sp³-hybridized carbons (Fsp3) is 0.435. The van der Waals surface area contributed by atoms with E-state index in [1.165, 1.54) is 12.0 Å². The van der Waals surface area contributed by atoms with Gasteiger partial charge in [-0.15, -0.1) is 0 Å². The van der Waals surface area contributed by atoms with Crippen molar-refractivity contribution in [3.63, 3.8) is 0 Å². The van der Waals surface area contributed by atoms with E-state index in [2.05, 4.69) is 50.9 Å². The molecule has 1 aliphatic heterocycles. The zero-order chi connectivity index (χ0) is 19.8. The normalized spacial score (nSPS) is 17.8. The van der Waals surface area contributed by atoms with Crippen LogP contribution >= 0.6 is 0 Å². The molecule has 0 N–H and O–H groups in total. The first kappa shape index (κ1) is 18.8. The topological polar surface area (TPSA) is 51.1 Å². The molecule has 1 saturated heterocycles. The number of fused-ring (bicyclic) bond motifs is 1. The highest BCUT2D eigenvalue weighted by atomic mass is 16.5.